The minimum Gasteiger partial charge on any atom is -0.407 e. The maximum Gasteiger partial charge on any atom is 0.322 e. The fraction of sp³-hybridized carbons (Fsp3) is 0.188. The fourth-order valence-electron chi connectivity index (χ4n) is 2.18. The lowest BCUT2D eigenvalue weighted by atomic mass is 10.0. The van der Waals surface area contributed by atoms with Crippen molar-refractivity contribution in [2.75, 3.05) is 5.32 Å². The monoisotopic (exact) mass is 391 g/mol. The van der Waals surface area contributed by atoms with E-state index in [9.17, 15) is 4.79 Å². The quantitative estimate of drug-likeness (QED) is 0.717. The summed E-state index contributed by atoms with van der Waals surface area (Å²) in [6.07, 6.45) is 0.541. The van der Waals surface area contributed by atoms with Crippen molar-refractivity contribution in [3.63, 3.8) is 0 Å². The molecule has 0 aliphatic heterocycles. The summed E-state index contributed by atoms with van der Waals surface area (Å²) < 4.78 is 6.40. The molecule has 1 amide bonds. The Bertz CT molecular complexity index is 857. The lowest BCUT2D eigenvalue weighted by molar-refractivity contribution is 0.102. The molecule has 0 atom stereocenters. The van der Waals surface area contributed by atoms with E-state index in [-0.39, 0.29) is 11.9 Å². The third-order valence-electron chi connectivity index (χ3n) is 3.32. The highest BCUT2D eigenvalue weighted by Crippen LogP contribution is 2.23. The van der Waals surface area contributed by atoms with Gasteiger partial charge in [-0.05, 0) is 53.0 Å². The smallest absolute Gasteiger partial charge is 0.322 e. The minimum atomic E-state index is -0.262. The predicted octanol–water partition coefficient (Wildman–Crippen LogP) is 4.35. The second kappa shape index (κ2) is 6.64. The summed E-state index contributed by atoms with van der Waals surface area (Å²) >= 11 is 4.67. The molecule has 3 aromatic rings. The van der Waals surface area contributed by atoms with Crippen molar-refractivity contribution in [2.45, 2.75) is 20.3 Å². The molecule has 23 heavy (non-hydrogen) atoms. The summed E-state index contributed by atoms with van der Waals surface area (Å²) in [6, 6.07) is 9.88. The van der Waals surface area contributed by atoms with Crippen molar-refractivity contribution in [2.24, 2.45) is 0 Å². The largest absolute Gasteiger partial charge is 0.407 e. The number of benzene rings is 1. The SMILES string of the molecule is Cc1ccc(Cc2nnc(NC(=O)c3ccc(Br)s3)o2)c(C)c1. The standard InChI is InChI=1S/C16H14BrN3O2S/c1-9-3-4-11(10(2)7-9)8-14-19-20-16(22-14)18-15(21)12-5-6-13(17)23-12/h3-7H,8H2,1-2H3,(H,18,20,21). The molecule has 2 aromatic heterocycles. The first-order valence-corrected chi connectivity index (χ1v) is 8.57. The topological polar surface area (TPSA) is 68.0 Å². The van der Waals surface area contributed by atoms with E-state index in [2.05, 4.69) is 63.5 Å². The molecular weight excluding hydrogens is 378 g/mol. The number of halogens is 1. The zero-order valence-electron chi connectivity index (χ0n) is 12.6. The Labute approximate surface area is 145 Å². The highest BCUT2D eigenvalue weighted by molar-refractivity contribution is 9.11. The molecule has 0 fully saturated rings. The molecular formula is C16H14BrN3O2S. The van der Waals surface area contributed by atoms with E-state index in [0.29, 0.717) is 17.2 Å². The molecule has 3 rings (SSSR count). The van der Waals surface area contributed by atoms with Crippen LogP contribution in [0.25, 0.3) is 0 Å². The number of anilines is 1. The summed E-state index contributed by atoms with van der Waals surface area (Å²) in [7, 11) is 0. The second-order valence-electron chi connectivity index (χ2n) is 5.17. The van der Waals surface area contributed by atoms with Crippen molar-refractivity contribution in [3.8, 4) is 0 Å². The molecule has 0 saturated carbocycles. The molecule has 2 heterocycles. The van der Waals surface area contributed by atoms with Gasteiger partial charge in [0.1, 0.15) is 0 Å². The van der Waals surface area contributed by atoms with Crippen molar-refractivity contribution in [1.82, 2.24) is 10.2 Å². The summed E-state index contributed by atoms with van der Waals surface area (Å²) in [5.74, 6) is 0.210. The molecule has 1 aromatic carbocycles. The van der Waals surface area contributed by atoms with Gasteiger partial charge in [-0.15, -0.1) is 16.4 Å². The van der Waals surface area contributed by atoms with E-state index in [1.54, 1.807) is 6.07 Å². The number of aryl methyl sites for hydroxylation is 2. The molecule has 0 radical (unpaired) electrons. The third kappa shape index (κ3) is 3.86. The Hall–Kier alpha value is -1.99. The number of nitrogens with one attached hydrogen (secondary N) is 1. The molecule has 5 nitrogen and oxygen atoms in total. The lowest BCUT2D eigenvalue weighted by Crippen LogP contribution is -2.10. The first-order valence-electron chi connectivity index (χ1n) is 6.96. The van der Waals surface area contributed by atoms with Crippen molar-refractivity contribution < 1.29 is 9.21 Å². The van der Waals surface area contributed by atoms with Gasteiger partial charge in [-0.1, -0.05) is 28.9 Å². The van der Waals surface area contributed by atoms with E-state index in [1.807, 2.05) is 6.07 Å². The normalized spacial score (nSPS) is 10.7. The van der Waals surface area contributed by atoms with Gasteiger partial charge in [-0.25, -0.2) is 0 Å². The predicted molar refractivity (Wildman–Crippen MR) is 93.0 cm³/mol. The van der Waals surface area contributed by atoms with Crippen molar-refractivity contribution in [1.29, 1.82) is 0 Å². The zero-order chi connectivity index (χ0) is 16.4. The van der Waals surface area contributed by atoms with Crippen LogP contribution in [0.3, 0.4) is 0 Å². The summed E-state index contributed by atoms with van der Waals surface area (Å²) in [6.45, 7) is 4.11. The molecule has 0 spiro atoms. The first-order chi connectivity index (χ1) is 11.0. The van der Waals surface area contributed by atoms with Gasteiger partial charge in [0, 0.05) is 0 Å². The van der Waals surface area contributed by atoms with E-state index < -0.39 is 0 Å². The number of rotatable bonds is 4. The third-order valence-corrected chi connectivity index (χ3v) is 4.95. The Morgan fingerprint density at radius 2 is 2.09 bits per heavy atom. The Kier molecular flexibility index (Phi) is 4.58. The first kappa shape index (κ1) is 15.9. The van der Waals surface area contributed by atoms with Gasteiger partial charge in [-0.3, -0.25) is 10.1 Å². The van der Waals surface area contributed by atoms with Crippen LogP contribution in [0.5, 0.6) is 0 Å². The van der Waals surface area contributed by atoms with Crippen LogP contribution >= 0.6 is 27.3 Å². The number of amides is 1. The van der Waals surface area contributed by atoms with Crippen molar-refractivity contribution in [3.05, 3.63) is 61.6 Å². The van der Waals surface area contributed by atoms with Crippen LogP contribution < -0.4 is 5.32 Å². The van der Waals surface area contributed by atoms with Gasteiger partial charge in [0.25, 0.3) is 5.91 Å². The van der Waals surface area contributed by atoms with Crippen LogP contribution in [0.15, 0.2) is 38.5 Å². The highest BCUT2D eigenvalue weighted by Gasteiger charge is 2.14. The lowest BCUT2D eigenvalue weighted by Gasteiger charge is -2.03. The Morgan fingerprint density at radius 3 is 2.78 bits per heavy atom. The second-order valence-corrected chi connectivity index (χ2v) is 7.63. The van der Waals surface area contributed by atoms with Crippen LogP contribution in [0.4, 0.5) is 6.01 Å². The molecule has 0 aliphatic rings. The zero-order valence-corrected chi connectivity index (χ0v) is 15.0. The van der Waals surface area contributed by atoms with E-state index in [4.69, 9.17) is 4.42 Å². The summed E-state index contributed by atoms with van der Waals surface area (Å²) in [5, 5.41) is 10.5. The van der Waals surface area contributed by atoms with Gasteiger partial charge in [0.15, 0.2) is 0 Å². The van der Waals surface area contributed by atoms with E-state index >= 15 is 0 Å². The summed E-state index contributed by atoms with van der Waals surface area (Å²) in [5.41, 5.74) is 3.52. The number of hydrogen-bond donors (Lipinski definition) is 1. The molecule has 0 bridgehead atoms. The van der Waals surface area contributed by atoms with Gasteiger partial charge >= 0.3 is 6.01 Å². The maximum atomic E-state index is 12.0. The number of nitrogens with zero attached hydrogens (tertiary/aromatic N) is 2. The molecule has 1 N–H and O–H groups in total. The number of thiophene rings is 1. The molecule has 118 valence electrons. The van der Waals surface area contributed by atoms with Gasteiger partial charge in [0.2, 0.25) is 5.89 Å². The molecule has 0 saturated heterocycles. The van der Waals surface area contributed by atoms with Crippen LogP contribution in [-0.4, -0.2) is 16.1 Å². The van der Waals surface area contributed by atoms with Crippen LogP contribution in [-0.2, 0) is 6.42 Å². The van der Waals surface area contributed by atoms with E-state index in [1.165, 1.54) is 22.5 Å². The molecule has 0 unspecified atom stereocenters. The van der Waals surface area contributed by atoms with Crippen LogP contribution in [0.2, 0.25) is 0 Å². The van der Waals surface area contributed by atoms with Crippen LogP contribution in [0, 0.1) is 13.8 Å². The van der Waals surface area contributed by atoms with E-state index in [0.717, 1.165) is 9.35 Å². The van der Waals surface area contributed by atoms with Gasteiger partial charge < -0.3 is 4.42 Å². The van der Waals surface area contributed by atoms with Gasteiger partial charge in [0.05, 0.1) is 15.1 Å². The average molecular weight is 392 g/mol. The average Bonchev–Trinajstić information content (AvgIpc) is 3.11. The number of hydrogen-bond acceptors (Lipinski definition) is 5. The number of aromatic nitrogens is 2. The molecule has 7 heteroatoms. The van der Waals surface area contributed by atoms with Gasteiger partial charge in [-0.2, -0.15) is 0 Å². The Morgan fingerprint density at radius 1 is 1.26 bits per heavy atom. The Balaban J connectivity index is 1.69. The minimum absolute atomic E-state index is 0.110. The van der Waals surface area contributed by atoms with Crippen LogP contribution in [0.1, 0.15) is 32.3 Å². The maximum absolute atomic E-state index is 12.0. The summed E-state index contributed by atoms with van der Waals surface area (Å²) in [4.78, 5) is 12.6. The van der Waals surface area contributed by atoms with Crippen molar-refractivity contribution >= 4 is 39.2 Å². The number of carbonyl (C=O) groups excluding carboxylic acids is 1. The molecule has 0 aliphatic carbocycles. The number of carbonyl (C=O) groups is 1. The highest BCUT2D eigenvalue weighted by atomic mass is 79.9. The fourth-order valence-corrected chi connectivity index (χ4v) is 3.46.